The van der Waals surface area contributed by atoms with Gasteiger partial charge in [-0.25, -0.2) is 0 Å². The van der Waals surface area contributed by atoms with Gasteiger partial charge in [-0.3, -0.25) is 9.59 Å². The van der Waals surface area contributed by atoms with Crippen LogP contribution in [0.2, 0.25) is 0 Å². The minimum Gasteiger partial charge on any atom is -0.465 e. The molecule has 4 nitrogen and oxygen atoms in total. The van der Waals surface area contributed by atoms with Crippen molar-refractivity contribution in [3.8, 4) is 0 Å². The molecule has 0 heterocycles. The first-order valence-corrected chi connectivity index (χ1v) is 12.1. The Morgan fingerprint density at radius 1 is 0.700 bits per heavy atom. The molecule has 30 heavy (non-hydrogen) atoms. The third kappa shape index (κ3) is 12.0. The third-order valence-electron chi connectivity index (χ3n) is 6.03. The van der Waals surface area contributed by atoms with Crippen LogP contribution in [-0.4, -0.2) is 25.2 Å². The molecule has 0 unspecified atom stereocenters. The normalized spacial score (nSPS) is 22.3. The Balaban J connectivity index is 2.22. The van der Waals surface area contributed by atoms with Gasteiger partial charge >= 0.3 is 11.9 Å². The minimum atomic E-state index is -0.0826. The van der Waals surface area contributed by atoms with Gasteiger partial charge in [0.1, 0.15) is 0 Å². The summed E-state index contributed by atoms with van der Waals surface area (Å²) in [6.07, 6.45) is 7.02. The SMILES string of the molecule is C[C@H](CCOC(=O)C1CCC(C(=O)OCC[C@@H](C)CC(C)(C)C)CC1)CC(C)(C)C. The summed E-state index contributed by atoms with van der Waals surface area (Å²) < 4.78 is 11.1. The standard InChI is InChI=1S/C26H48O4/c1-19(17-25(3,4)5)13-15-29-23(27)21-9-11-22(12-10-21)24(28)30-16-14-20(2)18-26(6,7)8/h19-22H,9-18H2,1-8H3/t19-,20-,21?,22?/m1/s1. The number of esters is 2. The predicted octanol–water partition coefficient (Wildman–Crippen LogP) is 6.80. The van der Waals surface area contributed by atoms with Gasteiger partial charge in [-0.1, -0.05) is 55.4 Å². The quantitative estimate of drug-likeness (QED) is 0.362. The molecule has 1 saturated carbocycles. The van der Waals surface area contributed by atoms with E-state index in [0.717, 1.165) is 51.4 Å². The van der Waals surface area contributed by atoms with Crippen LogP contribution in [0.5, 0.6) is 0 Å². The van der Waals surface area contributed by atoms with Crippen molar-refractivity contribution in [2.75, 3.05) is 13.2 Å². The summed E-state index contributed by atoms with van der Waals surface area (Å²) in [5.74, 6) is 0.822. The maximum atomic E-state index is 12.4. The fourth-order valence-corrected chi connectivity index (χ4v) is 4.82. The van der Waals surface area contributed by atoms with E-state index in [1.807, 2.05) is 0 Å². The lowest BCUT2D eigenvalue weighted by Gasteiger charge is -2.27. The van der Waals surface area contributed by atoms with E-state index >= 15 is 0 Å². The molecular formula is C26H48O4. The first-order chi connectivity index (χ1) is 13.8. The molecule has 0 aromatic heterocycles. The first kappa shape index (κ1) is 27.0. The second-order valence-electron chi connectivity index (χ2n) is 12.2. The summed E-state index contributed by atoms with van der Waals surface area (Å²) >= 11 is 0. The largest absolute Gasteiger partial charge is 0.465 e. The maximum absolute atomic E-state index is 12.4. The van der Waals surface area contributed by atoms with E-state index in [4.69, 9.17) is 9.47 Å². The van der Waals surface area contributed by atoms with Crippen molar-refractivity contribution in [3.63, 3.8) is 0 Å². The van der Waals surface area contributed by atoms with E-state index < -0.39 is 0 Å². The molecule has 1 aliphatic rings. The van der Waals surface area contributed by atoms with Crippen molar-refractivity contribution in [2.45, 2.75) is 107 Å². The van der Waals surface area contributed by atoms with Gasteiger partial charge in [-0.05, 0) is 74.0 Å². The maximum Gasteiger partial charge on any atom is 0.308 e. The molecule has 0 aromatic carbocycles. The second kappa shape index (κ2) is 12.1. The first-order valence-electron chi connectivity index (χ1n) is 12.1. The highest BCUT2D eigenvalue weighted by atomic mass is 16.5. The predicted molar refractivity (Wildman–Crippen MR) is 123 cm³/mol. The van der Waals surface area contributed by atoms with Crippen molar-refractivity contribution < 1.29 is 19.1 Å². The average molecular weight is 425 g/mol. The number of hydrogen-bond acceptors (Lipinski definition) is 4. The van der Waals surface area contributed by atoms with Crippen molar-refractivity contribution >= 4 is 11.9 Å². The molecule has 2 atom stereocenters. The molecule has 0 spiro atoms. The van der Waals surface area contributed by atoms with E-state index in [0.29, 0.717) is 35.9 Å². The third-order valence-corrected chi connectivity index (χ3v) is 6.03. The monoisotopic (exact) mass is 424 g/mol. The van der Waals surface area contributed by atoms with Gasteiger partial charge in [0.15, 0.2) is 0 Å². The molecule has 4 heteroatoms. The highest BCUT2D eigenvalue weighted by Crippen LogP contribution is 2.31. The summed E-state index contributed by atoms with van der Waals surface area (Å²) in [5.41, 5.74) is 0.613. The van der Waals surface area contributed by atoms with Crippen molar-refractivity contribution in [3.05, 3.63) is 0 Å². The van der Waals surface area contributed by atoms with Crippen molar-refractivity contribution in [1.82, 2.24) is 0 Å². The summed E-state index contributed by atoms with van der Waals surface area (Å²) in [6, 6.07) is 0. The molecule has 0 bridgehead atoms. The Labute approximate surface area is 185 Å². The molecule has 0 saturated heterocycles. The lowest BCUT2D eigenvalue weighted by molar-refractivity contribution is -0.155. The van der Waals surface area contributed by atoms with Gasteiger partial charge in [-0.15, -0.1) is 0 Å². The van der Waals surface area contributed by atoms with Gasteiger partial charge in [0.25, 0.3) is 0 Å². The molecule has 0 radical (unpaired) electrons. The molecule has 1 fully saturated rings. The van der Waals surface area contributed by atoms with Crippen LogP contribution in [0.1, 0.15) is 107 Å². The van der Waals surface area contributed by atoms with E-state index in [1.54, 1.807) is 0 Å². The van der Waals surface area contributed by atoms with Crippen molar-refractivity contribution in [2.24, 2.45) is 34.5 Å². The van der Waals surface area contributed by atoms with Crippen LogP contribution in [0.4, 0.5) is 0 Å². The lowest BCUT2D eigenvalue weighted by Crippen LogP contribution is -2.29. The smallest absolute Gasteiger partial charge is 0.308 e. The van der Waals surface area contributed by atoms with Crippen LogP contribution in [0.15, 0.2) is 0 Å². The average Bonchev–Trinajstić information content (AvgIpc) is 2.58. The molecule has 0 N–H and O–H groups in total. The van der Waals surface area contributed by atoms with Crippen LogP contribution in [0.25, 0.3) is 0 Å². The van der Waals surface area contributed by atoms with E-state index in [2.05, 4.69) is 55.4 Å². The number of carbonyl (C=O) groups is 2. The zero-order valence-corrected chi connectivity index (χ0v) is 21.0. The molecular weight excluding hydrogens is 376 g/mol. The van der Waals surface area contributed by atoms with Gasteiger partial charge in [0.2, 0.25) is 0 Å². The fourth-order valence-electron chi connectivity index (χ4n) is 4.82. The van der Waals surface area contributed by atoms with Gasteiger partial charge < -0.3 is 9.47 Å². The summed E-state index contributed by atoms with van der Waals surface area (Å²) in [7, 11) is 0. The number of hydrogen-bond donors (Lipinski definition) is 0. The second-order valence-corrected chi connectivity index (χ2v) is 12.2. The van der Waals surface area contributed by atoms with Crippen LogP contribution < -0.4 is 0 Å². The molecule has 176 valence electrons. The summed E-state index contributed by atoms with van der Waals surface area (Å²) in [5, 5.41) is 0. The molecule has 0 aromatic rings. The zero-order chi connectivity index (χ0) is 22.9. The Hall–Kier alpha value is -1.06. The molecule has 0 amide bonds. The van der Waals surface area contributed by atoms with Gasteiger partial charge in [-0.2, -0.15) is 0 Å². The number of carbonyl (C=O) groups excluding carboxylic acids is 2. The molecule has 1 rings (SSSR count). The zero-order valence-electron chi connectivity index (χ0n) is 21.0. The van der Waals surface area contributed by atoms with Crippen LogP contribution in [0.3, 0.4) is 0 Å². The topological polar surface area (TPSA) is 52.6 Å². The Bertz CT molecular complexity index is 470. The van der Waals surface area contributed by atoms with Crippen LogP contribution in [0, 0.1) is 34.5 Å². The highest BCUT2D eigenvalue weighted by molar-refractivity contribution is 5.75. The fraction of sp³-hybridized carbons (Fsp3) is 0.923. The highest BCUT2D eigenvalue weighted by Gasteiger charge is 2.31. The van der Waals surface area contributed by atoms with Gasteiger partial charge in [0, 0.05) is 0 Å². The van der Waals surface area contributed by atoms with E-state index in [9.17, 15) is 9.59 Å². The Morgan fingerprint density at radius 3 is 1.27 bits per heavy atom. The van der Waals surface area contributed by atoms with Crippen molar-refractivity contribution in [1.29, 1.82) is 0 Å². The Morgan fingerprint density at radius 2 is 1.00 bits per heavy atom. The van der Waals surface area contributed by atoms with Crippen LogP contribution >= 0.6 is 0 Å². The van der Waals surface area contributed by atoms with E-state index in [1.165, 1.54) is 0 Å². The molecule has 0 aliphatic heterocycles. The Kier molecular flexibility index (Phi) is 10.9. The minimum absolute atomic E-state index is 0.0567. The van der Waals surface area contributed by atoms with Crippen LogP contribution in [-0.2, 0) is 19.1 Å². The number of rotatable bonds is 10. The summed E-state index contributed by atoms with van der Waals surface area (Å²) in [4.78, 5) is 24.7. The van der Waals surface area contributed by atoms with Gasteiger partial charge in [0.05, 0.1) is 25.0 Å². The number of ether oxygens (including phenoxy) is 2. The molecule has 1 aliphatic carbocycles. The van der Waals surface area contributed by atoms with E-state index in [-0.39, 0.29) is 23.8 Å². The summed E-state index contributed by atoms with van der Waals surface area (Å²) in [6.45, 7) is 18.9. The lowest BCUT2D eigenvalue weighted by atomic mass is 9.82.